The Labute approximate surface area is 97.1 Å². The number of halogens is 1. The van der Waals surface area contributed by atoms with Gasteiger partial charge in [-0.2, -0.15) is 4.72 Å². The fraction of sp³-hybridized carbons (Fsp3) is 0.111. The molecule has 0 aromatic heterocycles. The van der Waals surface area contributed by atoms with Gasteiger partial charge in [-0.05, 0) is 16.1 Å². The highest BCUT2D eigenvalue weighted by molar-refractivity contribution is 14.1. The van der Waals surface area contributed by atoms with Crippen LogP contribution in [0.2, 0.25) is 0 Å². The Bertz CT molecular complexity index is 445. The third-order valence-corrected chi connectivity index (χ3v) is 3.27. The van der Waals surface area contributed by atoms with Crippen LogP contribution in [0.4, 0.5) is 0 Å². The van der Waals surface area contributed by atoms with Crippen LogP contribution in [-0.4, -0.2) is 15.0 Å². The monoisotopic (exact) mass is 321 g/mol. The lowest BCUT2D eigenvalue weighted by Gasteiger charge is -2.02. The van der Waals surface area contributed by atoms with Crippen molar-refractivity contribution in [2.75, 3.05) is 6.54 Å². The molecule has 0 aliphatic carbocycles. The predicted molar refractivity (Wildman–Crippen MR) is 63.4 cm³/mol. The summed E-state index contributed by atoms with van der Waals surface area (Å²) < 4.78 is 28.0. The first-order chi connectivity index (χ1) is 6.67. The molecule has 0 aliphatic rings. The Morgan fingerprint density at radius 1 is 1.29 bits per heavy atom. The zero-order valence-corrected chi connectivity index (χ0v) is 10.2. The van der Waals surface area contributed by atoms with Crippen molar-refractivity contribution in [3.05, 3.63) is 30.3 Å². The molecule has 0 heterocycles. The standard InChI is InChI=1S/C9H8INO2S/c10-7-4-8-11-14(12,13)9-5-2-1-3-6-9/h1-3,5-6,11H,8H2. The molecule has 0 spiro atoms. The number of benzene rings is 1. The molecule has 0 unspecified atom stereocenters. The summed E-state index contributed by atoms with van der Waals surface area (Å²) in [6.07, 6.45) is 0. The Balaban J connectivity index is 2.80. The Hall–Kier alpha value is -0.580. The van der Waals surface area contributed by atoms with Gasteiger partial charge in [0.25, 0.3) is 0 Å². The molecule has 0 amide bonds. The molecule has 3 nitrogen and oxygen atoms in total. The predicted octanol–water partition coefficient (Wildman–Crippen LogP) is 1.36. The van der Waals surface area contributed by atoms with E-state index in [1.165, 1.54) is 0 Å². The number of hydrogen-bond acceptors (Lipinski definition) is 2. The van der Waals surface area contributed by atoms with Crippen molar-refractivity contribution < 1.29 is 8.42 Å². The van der Waals surface area contributed by atoms with Crippen LogP contribution in [0.25, 0.3) is 0 Å². The lowest BCUT2D eigenvalue weighted by molar-refractivity contribution is 0.586. The van der Waals surface area contributed by atoms with Gasteiger partial charge in [-0.25, -0.2) is 8.42 Å². The summed E-state index contributed by atoms with van der Waals surface area (Å²) >= 11 is 1.86. The van der Waals surface area contributed by atoms with Crippen molar-refractivity contribution in [3.63, 3.8) is 0 Å². The third-order valence-electron chi connectivity index (χ3n) is 1.47. The van der Waals surface area contributed by atoms with Crippen molar-refractivity contribution in [1.82, 2.24) is 4.72 Å². The second kappa shape index (κ2) is 5.34. The molecule has 0 atom stereocenters. The number of sulfonamides is 1. The van der Waals surface area contributed by atoms with E-state index in [0.717, 1.165) is 0 Å². The van der Waals surface area contributed by atoms with Crippen LogP contribution >= 0.6 is 22.6 Å². The maximum Gasteiger partial charge on any atom is 0.241 e. The lowest BCUT2D eigenvalue weighted by Crippen LogP contribution is -2.23. The number of hydrogen-bond donors (Lipinski definition) is 1. The summed E-state index contributed by atoms with van der Waals surface area (Å²) in [6.45, 7) is 0.139. The molecule has 0 bridgehead atoms. The normalized spacial score (nSPS) is 10.4. The van der Waals surface area contributed by atoms with Gasteiger partial charge in [0.15, 0.2) is 0 Å². The SMILES string of the molecule is O=S(=O)(NCC#CI)c1ccccc1. The highest BCUT2D eigenvalue weighted by atomic mass is 127. The second-order valence-electron chi connectivity index (χ2n) is 2.41. The molecule has 0 fully saturated rings. The van der Waals surface area contributed by atoms with Crippen LogP contribution < -0.4 is 4.72 Å². The minimum absolute atomic E-state index is 0.139. The topological polar surface area (TPSA) is 46.2 Å². The minimum Gasteiger partial charge on any atom is -0.207 e. The maximum absolute atomic E-state index is 11.5. The summed E-state index contributed by atoms with van der Waals surface area (Å²) in [5.74, 6) is 2.62. The molecular formula is C9H8INO2S. The van der Waals surface area contributed by atoms with Gasteiger partial charge >= 0.3 is 0 Å². The molecular weight excluding hydrogens is 313 g/mol. The van der Waals surface area contributed by atoms with Crippen molar-refractivity contribution >= 4 is 32.6 Å². The average Bonchev–Trinajstić information content (AvgIpc) is 2.19. The van der Waals surface area contributed by atoms with Crippen molar-refractivity contribution in [2.24, 2.45) is 0 Å². The first-order valence-electron chi connectivity index (χ1n) is 3.80. The molecule has 1 aromatic rings. The van der Waals surface area contributed by atoms with Crippen molar-refractivity contribution in [3.8, 4) is 9.85 Å². The molecule has 0 saturated heterocycles. The zero-order valence-electron chi connectivity index (χ0n) is 7.20. The van der Waals surface area contributed by atoms with Gasteiger partial charge in [0.1, 0.15) is 0 Å². The molecule has 0 radical (unpaired) electrons. The minimum atomic E-state index is -3.39. The van der Waals surface area contributed by atoms with Gasteiger partial charge in [0.05, 0.1) is 11.4 Å². The van der Waals surface area contributed by atoms with Gasteiger partial charge in [-0.15, -0.1) is 0 Å². The van der Waals surface area contributed by atoms with E-state index in [-0.39, 0.29) is 11.4 Å². The first kappa shape index (κ1) is 11.5. The van der Waals surface area contributed by atoms with E-state index in [2.05, 4.69) is 14.6 Å². The Morgan fingerprint density at radius 3 is 2.50 bits per heavy atom. The fourth-order valence-corrected chi connectivity index (χ4v) is 1.98. The summed E-state index contributed by atoms with van der Waals surface area (Å²) in [6, 6.07) is 8.21. The van der Waals surface area contributed by atoms with Crippen molar-refractivity contribution in [1.29, 1.82) is 0 Å². The smallest absolute Gasteiger partial charge is 0.207 e. The molecule has 0 saturated carbocycles. The second-order valence-corrected chi connectivity index (χ2v) is 4.72. The van der Waals surface area contributed by atoms with Crippen molar-refractivity contribution in [2.45, 2.75) is 4.90 Å². The van der Waals surface area contributed by atoms with Gasteiger partial charge in [0.2, 0.25) is 10.0 Å². The quantitative estimate of drug-likeness (QED) is 0.675. The fourth-order valence-electron chi connectivity index (χ4n) is 0.847. The number of rotatable bonds is 3. The van der Waals surface area contributed by atoms with Crippen LogP contribution in [0.5, 0.6) is 0 Å². The van der Waals surface area contributed by atoms with E-state index in [9.17, 15) is 8.42 Å². The summed E-state index contributed by atoms with van der Waals surface area (Å²) in [5.41, 5.74) is 0. The lowest BCUT2D eigenvalue weighted by atomic mass is 10.4. The number of nitrogens with one attached hydrogen (secondary N) is 1. The van der Waals surface area contributed by atoms with Crippen LogP contribution in [-0.2, 0) is 10.0 Å². The van der Waals surface area contributed by atoms with E-state index < -0.39 is 10.0 Å². The Kier molecular flexibility index (Phi) is 4.38. The zero-order chi connectivity index (χ0) is 10.4. The molecule has 14 heavy (non-hydrogen) atoms. The van der Waals surface area contributed by atoms with Gasteiger partial charge in [-0.1, -0.05) is 24.1 Å². The average molecular weight is 321 g/mol. The molecule has 74 valence electrons. The van der Waals surface area contributed by atoms with Crippen LogP contribution in [0.15, 0.2) is 35.2 Å². The van der Waals surface area contributed by atoms with Gasteiger partial charge in [0, 0.05) is 22.6 Å². The molecule has 5 heteroatoms. The molecule has 0 aliphatic heterocycles. The van der Waals surface area contributed by atoms with E-state index in [4.69, 9.17) is 0 Å². The summed E-state index contributed by atoms with van der Waals surface area (Å²) in [4.78, 5) is 0.259. The molecule has 1 N–H and O–H groups in total. The Morgan fingerprint density at radius 2 is 1.93 bits per heavy atom. The highest BCUT2D eigenvalue weighted by Gasteiger charge is 2.10. The van der Waals surface area contributed by atoms with Gasteiger partial charge < -0.3 is 0 Å². The van der Waals surface area contributed by atoms with Crippen LogP contribution in [0, 0.1) is 9.85 Å². The van der Waals surface area contributed by atoms with E-state index in [1.807, 2.05) is 22.6 Å². The van der Waals surface area contributed by atoms with Crippen LogP contribution in [0.3, 0.4) is 0 Å². The maximum atomic E-state index is 11.5. The van der Waals surface area contributed by atoms with Gasteiger partial charge in [-0.3, -0.25) is 0 Å². The summed E-state index contributed by atoms with van der Waals surface area (Å²) in [7, 11) is -3.39. The van der Waals surface area contributed by atoms with E-state index in [0.29, 0.717) is 0 Å². The summed E-state index contributed by atoms with van der Waals surface area (Å²) in [5, 5.41) is 0. The van der Waals surface area contributed by atoms with Crippen LogP contribution in [0.1, 0.15) is 0 Å². The molecule has 1 aromatic carbocycles. The third kappa shape index (κ3) is 3.29. The largest absolute Gasteiger partial charge is 0.241 e. The first-order valence-corrected chi connectivity index (χ1v) is 6.36. The molecule has 1 rings (SSSR count). The van der Waals surface area contributed by atoms with E-state index in [1.54, 1.807) is 30.3 Å². The highest BCUT2D eigenvalue weighted by Crippen LogP contribution is 2.06. The van der Waals surface area contributed by atoms with E-state index >= 15 is 0 Å².